The second-order valence-electron chi connectivity index (χ2n) is 5.83. The summed E-state index contributed by atoms with van der Waals surface area (Å²) >= 11 is 3.29. The van der Waals surface area contributed by atoms with Crippen LogP contribution in [-0.4, -0.2) is 9.97 Å². The van der Waals surface area contributed by atoms with Crippen LogP contribution in [0.4, 0.5) is 20.3 Å². The third-order valence-electron chi connectivity index (χ3n) is 2.90. The van der Waals surface area contributed by atoms with Crippen molar-refractivity contribution in [1.29, 1.82) is 0 Å². The fourth-order valence-electron chi connectivity index (χ4n) is 1.72. The van der Waals surface area contributed by atoms with Gasteiger partial charge in [-0.25, -0.2) is 18.7 Å². The second-order valence-corrected chi connectivity index (χ2v) is 6.64. The summed E-state index contributed by atoms with van der Waals surface area (Å²) in [4.78, 5) is 8.61. The minimum absolute atomic E-state index is 0.208. The van der Waals surface area contributed by atoms with Gasteiger partial charge in [0.1, 0.15) is 27.8 Å². The van der Waals surface area contributed by atoms with Crippen molar-refractivity contribution in [2.45, 2.75) is 33.1 Å². The summed E-state index contributed by atoms with van der Waals surface area (Å²) in [6, 6.07) is 4.20. The Hall–Kier alpha value is -1.56. The third-order valence-corrected chi connectivity index (χ3v) is 3.31. The lowest BCUT2D eigenvalue weighted by atomic mass is 9.96. The van der Waals surface area contributed by atoms with Gasteiger partial charge in [0, 0.05) is 11.5 Å². The van der Waals surface area contributed by atoms with Crippen molar-refractivity contribution in [1.82, 2.24) is 9.97 Å². The zero-order chi connectivity index (χ0) is 15.8. The molecule has 0 saturated heterocycles. The van der Waals surface area contributed by atoms with Gasteiger partial charge in [-0.1, -0.05) is 26.8 Å². The molecule has 112 valence electrons. The molecule has 0 spiro atoms. The van der Waals surface area contributed by atoms with Gasteiger partial charge in [0.25, 0.3) is 0 Å². The molecule has 0 bridgehead atoms. The second kappa shape index (κ2) is 5.67. The van der Waals surface area contributed by atoms with E-state index in [0.717, 1.165) is 0 Å². The van der Waals surface area contributed by atoms with E-state index in [4.69, 9.17) is 0 Å². The zero-order valence-electron chi connectivity index (χ0n) is 12.3. The van der Waals surface area contributed by atoms with Gasteiger partial charge in [-0.3, -0.25) is 0 Å². The van der Waals surface area contributed by atoms with Crippen molar-refractivity contribution in [2.75, 3.05) is 5.32 Å². The molecular weight excluding hydrogens is 340 g/mol. The van der Waals surface area contributed by atoms with Crippen LogP contribution < -0.4 is 5.32 Å². The van der Waals surface area contributed by atoms with Crippen LogP contribution in [0.15, 0.2) is 22.8 Å². The van der Waals surface area contributed by atoms with Crippen LogP contribution in [0.2, 0.25) is 0 Å². The van der Waals surface area contributed by atoms with E-state index >= 15 is 0 Å². The molecule has 1 heterocycles. The molecule has 0 aliphatic carbocycles. The topological polar surface area (TPSA) is 37.8 Å². The predicted molar refractivity (Wildman–Crippen MR) is 82.8 cm³/mol. The predicted octanol–water partition coefficient (Wildman–Crippen LogP) is 4.87. The molecule has 6 heteroatoms. The molecule has 0 fully saturated rings. The highest BCUT2D eigenvalue weighted by Crippen LogP contribution is 2.27. The molecule has 0 aliphatic heterocycles. The first-order valence-electron chi connectivity index (χ1n) is 6.45. The Morgan fingerprint density at radius 3 is 2.43 bits per heavy atom. The molecule has 0 unspecified atom stereocenters. The first-order chi connectivity index (χ1) is 9.68. The van der Waals surface area contributed by atoms with E-state index in [9.17, 15) is 8.78 Å². The molecule has 0 amide bonds. The van der Waals surface area contributed by atoms with Gasteiger partial charge in [0.05, 0.1) is 0 Å². The number of aryl methyl sites for hydroxylation is 1. The molecule has 1 N–H and O–H groups in total. The van der Waals surface area contributed by atoms with E-state index in [0.29, 0.717) is 21.8 Å². The Morgan fingerprint density at radius 2 is 1.81 bits per heavy atom. The molecule has 21 heavy (non-hydrogen) atoms. The van der Waals surface area contributed by atoms with Gasteiger partial charge in [-0.15, -0.1) is 0 Å². The highest BCUT2D eigenvalue weighted by molar-refractivity contribution is 9.10. The Morgan fingerprint density at radius 1 is 1.14 bits per heavy atom. The number of hydrogen-bond donors (Lipinski definition) is 1. The van der Waals surface area contributed by atoms with Crippen LogP contribution in [0.3, 0.4) is 0 Å². The van der Waals surface area contributed by atoms with Gasteiger partial charge >= 0.3 is 0 Å². The number of nitrogens with one attached hydrogen (secondary N) is 1. The highest BCUT2D eigenvalue weighted by Gasteiger charge is 2.20. The van der Waals surface area contributed by atoms with E-state index in [2.05, 4.69) is 31.2 Å². The van der Waals surface area contributed by atoms with E-state index in [1.807, 2.05) is 20.8 Å². The van der Waals surface area contributed by atoms with Crippen LogP contribution in [-0.2, 0) is 5.41 Å². The van der Waals surface area contributed by atoms with E-state index in [1.165, 1.54) is 12.1 Å². The number of hydrogen-bond acceptors (Lipinski definition) is 3. The molecular formula is C15H16BrF2N3. The molecule has 0 saturated carbocycles. The minimum atomic E-state index is -0.662. The van der Waals surface area contributed by atoms with E-state index < -0.39 is 11.6 Å². The Bertz CT molecular complexity index is 681. The maximum absolute atomic E-state index is 14.0. The normalized spacial score (nSPS) is 11.6. The van der Waals surface area contributed by atoms with Crippen LogP contribution in [0.25, 0.3) is 0 Å². The average molecular weight is 356 g/mol. The van der Waals surface area contributed by atoms with Crippen molar-refractivity contribution in [2.24, 2.45) is 0 Å². The fourth-order valence-corrected chi connectivity index (χ4v) is 2.10. The van der Waals surface area contributed by atoms with Crippen molar-refractivity contribution < 1.29 is 8.78 Å². The number of nitrogens with zero attached hydrogens (tertiary/aromatic N) is 2. The number of anilines is 2. The smallest absolute Gasteiger partial charge is 0.152 e. The van der Waals surface area contributed by atoms with Gasteiger partial charge in [0.2, 0.25) is 0 Å². The van der Waals surface area contributed by atoms with Gasteiger partial charge in [-0.05, 0) is 34.5 Å². The standard InChI is InChI=1S/C15H16BrF2N3/c1-8-5-6-9(17)13(12(8)18)20-11-7-10(16)19-14(21-11)15(2,3)4/h5-7H,1-4H3,(H,19,20,21). The summed E-state index contributed by atoms with van der Waals surface area (Å²) in [5.74, 6) is -0.370. The molecule has 1 aromatic heterocycles. The largest absolute Gasteiger partial charge is 0.335 e. The molecule has 2 aromatic rings. The van der Waals surface area contributed by atoms with Crippen molar-refractivity contribution in [3.63, 3.8) is 0 Å². The lowest BCUT2D eigenvalue weighted by molar-refractivity contribution is 0.544. The number of halogens is 3. The monoisotopic (exact) mass is 355 g/mol. The lowest BCUT2D eigenvalue weighted by Crippen LogP contribution is -2.17. The van der Waals surface area contributed by atoms with Crippen LogP contribution >= 0.6 is 15.9 Å². The lowest BCUT2D eigenvalue weighted by Gasteiger charge is -2.18. The maximum atomic E-state index is 14.0. The van der Waals surface area contributed by atoms with Crippen molar-refractivity contribution in [3.8, 4) is 0 Å². The van der Waals surface area contributed by atoms with Crippen molar-refractivity contribution >= 4 is 27.4 Å². The molecule has 3 nitrogen and oxygen atoms in total. The SMILES string of the molecule is Cc1ccc(F)c(Nc2cc(Br)nc(C(C)(C)C)n2)c1F. The van der Waals surface area contributed by atoms with Crippen LogP contribution in [0, 0.1) is 18.6 Å². The maximum Gasteiger partial charge on any atom is 0.152 e. The minimum Gasteiger partial charge on any atom is -0.335 e. The molecule has 0 atom stereocenters. The molecule has 2 rings (SSSR count). The Balaban J connectivity index is 2.46. The number of benzene rings is 1. The molecule has 0 radical (unpaired) electrons. The average Bonchev–Trinajstić information content (AvgIpc) is 2.38. The van der Waals surface area contributed by atoms with Gasteiger partial charge in [-0.2, -0.15) is 0 Å². The Labute approximate surface area is 131 Å². The van der Waals surface area contributed by atoms with E-state index in [1.54, 1.807) is 13.0 Å². The summed E-state index contributed by atoms with van der Waals surface area (Å²) in [5.41, 5.74) is -0.118. The first kappa shape index (κ1) is 15.8. The quantitative estimate of drug-likeness (QED) is 0.781. The summed E-state index contributed by atoms with van der Waals surface area (Å²) in [6.45, 7) is 7.47. The Kier molecular flexibility index (Phi) is 4.27. The number of aromatic nitrogens is 2. The summed E-state index contributed by atoms with van der Waals surface area (Å²) in [6.07, 6.45) is 0. The van der Waals surface area contributed by atoms with Crippen molar-refractivity contribution in [3.05, 3.63) is 45.8 Å². The highest BCUT2D eigenvalue weighted by atomic mass is 79.9. The van der Waals surface area contributed by atoms with Gasteiger partial charge in [0.15, 0.2) is 5.82 Å². The zero-order valence-corrected chi connectivity index (χ0v) is 13.8. The first-order valence-corrected chi connectivity index (χ1v) is 7.24. The van der Waals surface area contributed by atoms with Crippen LogP contribution in [0.1, 0.15) is 32.2 Å². The summed E-state index contributed by atoms with van der Waals surface area (Å²) in [5, 5.41) is 2.70. The third kappa shape index (κ3) is 3.56. The summed E-state index contributed by atoms with van der Waals surface area (Å²) in [7, 11) is 0. The fraction of sp³-hybridized carbons (Fsp3) is 0.333. The molecule has 0 aliphatic rings. The van der Waals surface area contributed by atoms with Gasteiger partial charge < -0.3 is 5.32 Å². The van der Waals surface area contributed by atoms with E-state index in [-0.39, 0.29) is 11.1 Å². The molecule has 1 aromatic carbocycles. The summed E-state index contributed by atoms with van der Waals surface area (Å²) < 4.78 is 28.4. The van der Waals surface area contributed by atoms with Crippen LogP contribution in [0.5, 0.6) is 0 Å². The number of rotatable bonds is 2.